The average Bonchev–Trinajstić information content (AvgIpc) is 2.95. The molecule has 1 saturated heterocycles. The van der Waals surface area contributed by atoms with Crippen LogP contribution in [0.25, 0.3) is 0 Å². The molecule has 1 aromatic heterocycles. The predicted molar refractivity (Wildman–Crippen MR) is 75.9 cm³/mol. The minimum absolute atomic E-state index is 0.206. The number of nitrogens with one attached hydrogen (secondary N) is 1. The lowest BCUT2D eigenvalue weighted by Gasteiger charge is -2.15. The molecule has 23 heavy (non-hydrogen) atoms. The predicted octanol–water partition coefficient (Wildman–Crippen LogP) is -0.559. The van der Waals surface area contributed by atoms with Crippen molar-refractivity contribution in [2.24, 2.45) is 0 Å². The standard InChI is InChI=1S/C14H14N4O5/c1-8-5-18(14(21)17-13(8)20)12-2-10(11(6-19)23-12)22-7-9(3-15)4-16/h5,7,10-12,19H,2,6H2,1H3,(H,17,20,21)/t10-,11+,12+/m0/s1. The first-order valence-electron chi connectivity index (χ1n) is 6.74. The minimum Gasteiger partial charge on any atom is -0.493 e. The molecule has 0 aliphatic carbocycles. The molecule has 0 unspecified atom stereocenters. The van der Waals surface area contributed by atoms with Crippen LogP contribution in [-0.4, -0.2) is 33.5 Å². The Morgan fingerprint density at radius 3 is 2.87 bits per heavy atom. The first kappa shape index (κ1) is 16.5. The summed E-state index contributed by atoms with van der Waals surface area (Å²) in [6.45, 7) is 1.19. The Hall–Kier alpha value is -2.88. The van der Waals surface area contributed by atoms with Crippen LogP contribution in [0.4, 0.5) is 0 Å². The van der Waals surface area contributed by atoms with Gasteiger partial charge in [0, 0.05) is 18.2 Å². The molecule has 2 heterocycles. The summed E-state index contributed by atoms with van der Waals surface area (Å²) in [4.78, 5) is 25.4. The monoisotopic (exact) mass is 318 g/mol. The SMILES string of the molecule is Cc1cn([C@H]2C[C@H](OC=C(C#N)C#N)[C@@H](CO)O2)c(=O)[nH]c1=O. The first-order valence-corrected chi connectivity index (χ1v) is 6.74. The molecule has 9 heteroatoms. The van der Waals surface area contributed by atoms with Gasteiger partial charge < -0.3 is 14.6 Å². The Morgan fingerprint density at radius 1 is 1.57 bits per heavy atom. The summed E-state index contributed by atoms with van der Waals surface area (Å²) in [7, 11) is 0. The van der Waals surface area contributed by atoms with E-state index < -0.39 is 29.7 Å². The zero-order valence-electron chi connectivity index (χ0n) is 12.2. The third-order valence-electron chi connectivity index (χ3n) is 3.42. The molecule has 9 nitrogen and oxygen atoms in total. The van der Waals surface area contributed by atoms with Crippen molar-refractivity contribution in [2.45, 2.75) is 31.8 Å². The molecule has 120 valence electrons. The second-order valence-corrected chi connectivity index (χ2v) is 4.96. The van der Waals surface area contributed by atoms with Crippen LogP contribution >= 0.6 is 0 Å². The lowest BCUT2D eigenvalue weighted by molar-refractivity contribution is -0.0481. The molecule has 1 aliphatic rings. The van der Waals surface area contributed by atoms with Crippen LogP contribution in [0.3, 0.4) is 0 Å². The summed E-state index contributed by atoms with van der Waals surface area (Å²) >= 11 is 0. The third-order valence-corrected chi connectivity index (χ3v) is 3.42. The zero-order valence-corrected chi connectivity index (χ0v) is 12.2. The van der Waals surface area contributed by atoms with Crippen LogP contribution in [0.1, 0.15) is 18.2 Å². The van der Waals surface area contributed by atoms with Gasteiger partial charge >= 0.3 is 5.69 Å². The molecule has 0 radical (unpaired) electrons. The second kappa shape index (κ2) is 6.92. The molecule has 1 aromatic rings. The quantitative estimate of drug-likeness (QED) is 0.560. The van der Waals surface area contributed by atoms with Crippen molar-refractivity contribution < 1.29 is 14.6 Å². The number of aryl methyl sites for hydroxylation is 1. The molecule has 2 N–H and O–H groups in total. The molecule has 0 spiro atoms. The molecule has 2 rings (SSSR count). The van der Waals surface area contributed by atoms with E-state index in [1.807, 2.05) is 0 Å². The molecule has 0 amide bonds. The van der Waals surface area contributed by atoms with Gasteiger partial charge in [-0.05, 0) is 6.92 Å². The Balaban J connectivity index is 2.23. The Bertz CT molecular complexity index is 794. The number of H-pyrrole nitrogens is 1. The topological polar surface area (TPSA) is 141 Å². The summed E-state index contributed by atoms with van der Waals surface area (Å²) in [5.41, 5.74) is -0.990. The van der Waals surface area contributed by atoms with Gasteiger partial charge in [0.1, 0.15) is 36.8 Å². The number of aliphatic hydroxyl groups is 1. The van der Waals surface area contributed by atoms with E-state index in [2.05, 4.69) is 4.98 Å². The van der Waals surface area contributed by atoms with Gasteiger partial charge in [-0.15, -0.1) is 0 Å². The van der Waals surface area contributed by atoms with Gasteiger partial charge in [0.25, 0.3) is 5.56 Å². The number of aliphatic hydroxyl groups excluding tert-OH is 1. The number of aromatic amines is 1. The van der Waals surface area contributed by atoms with Crippen LogP contribution in [-0.2, 0) is 9.47 Å². The third kappa shape index (κ3) is 3.48. The van der Waals surface area contributed by atoms with Gasteiger partial charge in [-0.2, -0.15) is 10.5 Å². The maximum atomic E-state index is 11.9. The van der Waals surface area contributed by atoms with Crippen molar-refractivity contribution >= 4 is 0 Å². The van der Waals surface area contributed by atoms with Crippen molar-refractivity contribution in [3.63, 3.8) is 0 Å². The average molecular weight is 318 g/mol. The molecular weight excluding hydrogens is 304 g/mol. The number of rotatable bonds is 4. The van der Waals surface area contributed by atoms with E-state index in [1.165, 1.54) is 10.8 Å². The summed E-state index contributed by atoms with van der Waals surface area (Å²) in [5, 5.41) is 26.7. The van der Waals surface area contributed by atoms with Crippen molar-refractivity contribution in [3.05, 3.63) is 44.4 Å². The fourth-order valence-electron chi connectivity index (χ4n) is 2.21. The molecule has 3 atom stereocenters. The number of nitrogens with zero attached hydrogens (tertiary/aromatic N) is 3. The molecular formula is C14H14N4O5. The number of ether oxygens (including phenoxy) is 2. The largest absolute Gasteiger partial charge is 0.493 e. The van der Waals surface area contributed by atoms with E-state index in [0.717, 1.165) is 6.26 Å². The summed E-state index contributed by atoms with van der Waals surface area (Å²) in [5.74, 6) is 0. The number of aromatic nitrogens is 2. The van der Waals surface area contributed by atoms with Crippen LogP contribution in [0, 0.1) is 29.6 Å². The highest BCUT2D eigenvalue weighted by atomic mass is 16.6. The molecule has 1 aliphatic heterocycles. The lowest BCUT2D eigenvalue weighted by atomic mass is 10.2. The smallest absolute Gasteiger partial charge is 0.330 e. The zero-order chi connectivity index (χ0) is 17.0. The number of hydrogen-bond donors (Lipinski definition) is 2. The number of hydrogen-bond acceptors (Lipinski definition) is 7. The van der Waals surface area contributed by atoms with Crippen LogP contribution < -0.4 is 11.2 Å². The first-order chi connectivity index (χ1) is 11.0. The van der Waals surface area contributed by atoms with Crippen molar-refractivity contribution in [1.29, 1.82) is 10.5 Å². The molecule has 1 fully saturated rings. The summed E-state index contributed by atoms with van der Waals surface area (Å²) in [6, 6.07) is 3.30. The van der Waals surface area contributed by atoms with Gasteiger partial charge in [-0.3, -0.25) is 14.3 Å². The van der Waals surface area contributed by atoms with E-state index in [0.29, 0.717) is 5.56 Å². The van der Waals surface area contributed by atoms with Crippen LogP contribution in [0.15, 0.2) is 27.6 Å². The Labute approximate surface area is 130 Å². The van der Waals surface area contributed by atoms with Gasteiger partial charge in [0.2, 0.25) is 0 Å². The maximum Gasteiger partial charge on any atom is 0.330 e. The number of nitriles is 2. The van der Waals surface area contributed by atoms with Crippen LogP contribution in [0.5, 0.6) is 0 Å². The fourth-order valence-corrected chi connectivity index (χ4v) is 2.21. The van der Waals surface area contributed by atoms with Crippen molar-refractivity contribution in [3.8, 4) is 12.1 Å². The van der Waals surface area contributed by atoms with E-state index in [4.69, 9.17) is 20.0 Å². The maximum absolute atomic E-state index is 11.9. The highest BCUT2D eigenvalue weighted by molar-refractivity contribution is 5.33. The molecule has 0 bridgehead atoms. The minimum atomic E-state index is -0.735. The Morgan fingerprint density at radius 2 is 2.26 bits per heavy atom. The lowest BCUT2D eigenvalue weighted by Crippen LogP contribution is -2.33. The van der Waals surface area contributed by atoms with Crippen LogP contribution in [0.2, 0.25) is 0 Å². The van der Waals surface area contributed by atoms with Gasteiger partial charge in [0.05, 0.1) is 6.61 Å². The molecule has 0 aromatic carbocycles. The highest BCUT2D eigenvalue weighted by Gasteiger charge is 2.37. The highest BCUT2D eigenvalue weighted by Crippen LogP contribution is 2.30. The second-order valence-electron chi connectivity index (χ2n) is 4.96. The summed E-state index contributed by atoms with van der Waals surface area (Å²) < 4.78 is 12.1. The van der Waals surface area contributed by atoms with E-state index >= 15 is 0 Å². The van der Waals surface area contributed by atoms with E-state index in [-0.39, 0.29) is 18.6 Å². The van der Waals surface area contributed by atoms with Gasteiger partial charge in [0.15, 0.2) is 5.57 Å². The van der Waals surface area contributed by atoms with Gasteiger partial charge in [-0.25, -0.2) is 4.79 Å². The van der Waals surface area contributed by atoms with Crippen molar-refractivity contribution in [2.75, 3.05) is 6.61 Å². The fraction of sp³-hybridized carbons (Fsp3) is 0.429. The normalized spacial score (nSPS) is 22.9. The summed E-state index contributed by atoms with van der Waals surface area (Å²) in [6.07, 6.45) is 0.474. The van der Waals surface area contributed by atoms with Gasteiger partial charge in [-0.1, -0.05) is 0 Å². The Kier molecular flexibility index (Phi) is 4.96. The van der Waals surface area contributed by atoms with Crippen molar-refractivity contribution in [1.82, 2.24) is 9.55 Å². The number of allylic oxidation sites excluding steroid dienone is 1. The van der Waals surface area contributed by atoms with E-state index in [1.54, 1.807) is 19.1 Å². The molecule has 0 saturated carbocycles. The van der Waals surface area contributed by atoms with E-state index in [9.17, 15) is 14.7 Å².